The highest BCUT2D eigenvalue weighted by Crippen LogP contribution is 2.30. The molecule has 0 fully saturated rings. The maximum atomic E-state index is 12.3. The van der Waals surface area contributed by atoms with Crippen molar-refractivity contribution in [3.63, 3.8) is 0 Å². The molecule has 0 unspecified atom stereocenters. The van der Waals surface area contributed by atoms with Crippen LogP contribution >= 0.6 is 0 Å². The normalized spacial score (nSPS) is 11.2. The highest BCUT2D eigenvalue weighted by atomic mass is 32.2. The van der Waals surface area contributed by atoms with Gasteiger partial charge in [0.05, 0.1) is 10.6 Å². The van der Waals surface area contributed by atoms with Crippen molar-refractivity contribution < 1.29 is 23.1 Å². The molecule has 0 atom stereocenters. The Morgan fingerprint density at radius 2 is 2.00 bits per heavy atom. The second kappa shape index (κ2) is 7.44. The Labute approximate surface area is 141 Å². The molecular weight excluding hydrogens is 330 g/mol. The molecule has 0 bridgehead atoms. The molecule has 1 aromatic heterocycles. The van der Waals surface area contributed by atoms with E-state index in [1.807, 2.05) is 0 Å². The van der Waals surface area contributed by atoms with Gasteiger partial charge in [-0.2, -0.15) is 0 Å². The molecule has 1 N–H and O–H groups in total. The highest BCUT2D eigenvalue weighted by Gasteiger charge is 2.16. The van der Waals surface area contributed by atoms with Gasteiger partial charge in [-0.3, -0.25) is 0 Å². The number of hydrogen-bond donors (Lipinski definition) is 1. The molecule has 128 valence electrons. The summed E-state index contributed by atoms with van der Waals surface area (Å²) in [6.07, 6.45) is 0.530. The van der Waals surface area contributed by atoms with Crippen LogP contribution in [0.25, 0.3) is 11.3 Å². The zero-order valence-corrected chi connectivity index (χ0v) is 14.3. The average molecular weight is 349 g/mol. The number of aryl methyl sites for hydroxylation is 1. The van der Waals surface area contributed by atoms with Crippen molar-refractivity contribution in [1.29, 1.82) is 0 Å². The molecule has 1 heterocycles. The Hall–Kier alpha value is -2.41. The largest absolute Gasteiger partial charge is 0.480 e. The van der Waals surface area contributed by atoms with E-state index in [9.17, 15) is 13.2 Å². The van der Waals surface area contributed by atoms with Gasteiger partial charge in [-0.15, -0.1) is 0 Å². The third-order valence-corrected chi connectivity index (χ3v) is 5.21. The topological polar surface area (TPSA) is 93.6 Å². The van der Waals surface area contributed by atoms with E-state index in [2.05, 4.69) is 4.98 Å². The van der Waals surface area contributed by atoms with E-state index in [0.29, 0.717) is 23.4 Å². The Morgan fingerprint density at radius 3 is 2.67 bits per heavy atom. The van der Waals surface area contributed by atoms with Gasteiger partial charge in [-0.1, -0.05) is 19.1 Å². The molecule has 0 spiro atoms. The van der Waals surface area contributed by atoms with Crippen LogP contribution in [0.2, 0.25) is 0 Å². The van der Waals surface area contributed by atoms with Gasteiger partial charge in [0.15, 0.2) is 16.4 Å². The maximum Gasteiger partial charge on any atom is 0.341 e. The number of rotatable bonds is 7. The van der Waals surface area contributed by atoms with Crippen molar-refractivity contribution in [3.8, 4) is 17.0 Å². The smallest absolute Gasteiger partial charge is 0.341 e. The lowest BCUT2D eigenvalue weighted by Gasteiger charge is -2.11. The Balaban J connectivity index is 2.48. The number of carboxylic acids is 1. The summed E-state index contributed by atoms with van der Waals surface area (Å²) < 4.78 is 29.8. The number of nitrogens with zero attached hydrogens (tertiary/aromatic N) is 1. The van der Waals surface area contributed by atoms with Gasteiger partial charge >= 0.3 is 5.97 Å². The van der Waals surface area contributed by atoms with Gasteiger partial charge in [0.2, 0.25) is 0 Å². The predicted molar refractivity (Wildman–Crippen MR) is 89.9 cm³/mol. The SMILES string of the molecule is CCCS(=O)(=O)c1cccc(-c2nc(C)ccc2OCC(=O)O)c1. The second-order valence-corrected chi connectivity index (χ2v) is 7.44. The van der Waals surface area contributed by atoms with E-state index in [-0.39, 0.29) is 10.6 Å². The Bertz CT molecular complexity index is 846. The lowest BCUT2D eigenvalue weighted by Crippen LogP contribution is -2.10. The first-order valence-electron chi connectivity index (χ1n) is 7.49. The number of pyridine rings is 1. The van der Waals surface area contributed by atoms with E-state index < -0.39 is 22.4 Å². The highest BCUT2D eigenvalue weighted by molar-refractivity contribution is 7.91. The van der Waals surface area contributed by atoms with Crippen molar-refractivity contribution in [2.45, 2.75) is 25.2 Å². The number of aromatic nitrogens is 1. The molecule has 1 aromatic carbocycles. The van der Waals surface area contributed by atoms with Crippen LogP contribution < -0.4 is 4.74 Å². The first-order chi connectivity index (χ1) is 11.3. The fraction of sp³-hybridized carbons (Fsp3) is 0.294. The fourth-order valence-electron chi connectivity index (χ4n) is 2.23. The van der Waals surface area contributed by atoms with E-state index >= 15 is 0 Å². The summed E-state index contributed by atoms with van der Waals surface area (Å²) in [7, 11) is -3.35. The lowest BCUT2D eigenvalue weighted by molar-refractivity contribution is -0.139. The van der Waals surface area contributed by atoms with Crippen LogP contribution in [0.5, 0.6) is 5.75 Å². The maximum absolute atomic E-state index is 12.3. The minimum atomic E-state index is -3.35. The van der Waals surface area contributed by atoms with Crippen LogP contribution in [-0.2, 0) is 14.6 Å². The van der Waals surface area contributed by atoms with Gasteiger partial charge in [0, 0.05) is 11.3 Å². The third-order valence-electron chi connectivity index (χ3n) is 3.29. The number of benzene rings is 1. The molecule has 0 radical (unpaired) electrons. The number of carbonyl (C=O) groups is 1. The molecule has 0 saturated carbocycles. The molecule has 0 aliphatic rings. The summed E-state index contributed by atoms with van der Waals surface area (Å²) in [6, 6.07) is 9.79. The summed E-state index contributed by atoms with van der Waals surface area (Å²) in [5, 5.41) is 8.78. The number of hydrogen-bond acceptors (Lipinski definition) is 5. The number of carboxylic acid groups (broad SMARTS) is 1. The van der Waals surface area contributed by atoms with Crippen molar-refractivity contribution >= 4 is 15.8 Å². The second-order valence-electron chi connectivity index (χ2n) is 5.33. The molecule has 0 aliphatic carbocycles. The van der Waals surface area contributed by atoms with Crippen molar-refractivity contribution in [1.82, 2.24) is 4.98 Å². The van der Waals surface area contributed by atoms with Crippen LogP contribution in [-0.4, -0.2) is 36.8 Å². The standard InChI is InChI=1S/C17H19NO5S/c1-3-9-24(21,22)14-6-4-5-13(10-14)17-15(23-11-16(19)20)8-7-12(2)18-17/h4-8,10H,3,9,11H2,1-2H3,(H,19,20). The third kappa shape index (κ3) is 4.32. The Kier molecular flexibility index (Phi) is 5.56. The van der Waals surface area contributed by atoms with Gasteiger partial charge in [-0.05, 0) is 37.6 Å². The number of ether oxygens (including phenoxy) is 1. The zero-order valence-electron chi connectivity index (χ0n) is 13.5. The van der Waals surface area contributed by atoms with E-state index in [0.717, 1.165) is 5.69 Å². The molecule has 6 nitrogen and oxygen atoms in total. The molecule has 7 heteroatoms. The average Bonchev–Trinajstić information content (AvgIpc) is 2.53. The number of aliphatic carboxylic acids is 1. The first-order valence-corrected chi connectivity index (χ1v) is 9.14. The summed E-state index contributed by atoms with van der Waals surface area (Å²) in [5.74, 6) is -0.728. The van der Waals surface area contributed by atoms with Crippen LogP contribution in [0.15, 0.2) is 41.3 Å². The molecule has 0 aliphatic heterocycles. The molecule has 2 aromatic rings. The van der Waals surface area contributed by atoms with Crippen LogP contribution in [0, 0.1) is 6.92 Å². The van der Waals surface area contributed by atoms with Crippen LogP contribution in [0.4, 0.5) is 0 Å². The monoisotopic (exact) mass is 349 g/mol. The summed E-state index contributed by atoms with van der Waals surface area (Å²) >= 11 is 0. The molecule has 0 amide bonds. The lowest BCUT2D eigenvalue weighted by atomic mass is 10.1. The van der Waals surface area contributed by atoms with E-state index in [1.54, 1.807) is 50.2 Å². The van der Waals surface area contributed by atoms with E-state index in [4.69, 9.17) is 9.84 Å². The quantitative estimate of drug-likeness (QED) is 0.826. The van der Waals surface area contributed by atoms with Gasteiger partial charge in [0.1, 0.15) is 11.4 Å². The molecule has 24 heavy (non-hydrogen) atoms. The van der Waals surface area contributed by atoms with Gasteiger partial charge in [-0.25, -0.2) is 18.2 Å². The summed E-state index contributed by atoms with van der Waals surface area (Å²) in [6.45, 7) is 3.11. The zero-order chi connectivity index (χ0) is 17.7. The first kappa shape index (κ1) is 17.9. The molecule has 0 saturated heterocycles. The molecule has 2 rings (SSSR count). The minimum Gasteiger partial charge on any atom is -0.480 e. The van der Waals surface area contributed by atoms with Gasteiger partial charge < -0.3 is 9.84 Å². The van der Waals surface area contributed by atoms with Crippen LogP contribution in [0.1, 0.15) is 19.0 Å². The van der Waals surface area contributed by atoms with Crippen molar-refractivity contribution in [2.24, 2.45) is 0 Å². The fourth-order valence-corrected chi connectivity index (χ4v) is 3.60. The summed E-state index contributed by atoms with van der Waals surface area (Å²) in [5.41, 5.74) is 1.70. The van der Waals surface area contributed by atoms with Gasteiger partial charge in [0.25, 0.3) is 0 Å². The minimum absolute atomic E-state index is 0.0695. The van der Waals surface area contributed by atoms with E-state index in [1.165, 1.54) is 0 Å². The number of sulfone groups is 1. The summed E-state index contributed by atoms with van der Waals surface area (Å²) in [4.78, 5) is 15.3. The van der Waals surface area contributed by atoms with Crippen molar-refractivity contribution in [2.75, 3.05) is 12.4 Å². The Morgan fingerprint density at radius 1 is 1.25 bits per heavy atom. The predicted octanol–water partition coefficient (Wildman–Crippen LogP) is 2.70. The van der Waals surface area contributed by atoms with Crippen LogP contribution in [0.3, 0.4) is 0 Å². The molecular formula is C17H19NO5S. The van der Waals surface area contributed by atoms with Crippen molar-refractivity contribution in [3.05, 3.63) is 42.1 Å².